The summed E-state index contributed by atoms with van der Waals surface area (Å²) in [6.07, 6.45) is 3.42. The topological polar surface area (TPSA) is 127 Å². The number of aromatic nitrogens is 2. The second kappa shape index (κ2) is 5.65. The summed E-state index contributed by atoms with van der Waals surface area (Å²) >= 11 is 1.30. The molecule has 1 aliphatic carbocycles. The van der Waals surface area contributed by atoms with Crippen LogP contribution in [0.15, 0.2) is 9.59 Å². The van der Waals surface area contributed by atoms with Crippen LogP contribution < -0.4 is 22.1 Å². The van der Waals surface area contributed by atoms with Crippen LogP contribution in [0.25, 0.3) is 10.2 Å². The van der Waals surface area contributed by atoms with E-state index < -0.39 is 36.2 Å². The number of nitrogens with zero attached hydrogens (tertiary/aromatic N) is 2. The third-order valence-electron chi connectivity index (χ3n) is 3.92. The van der Waals surface area contributed by atoms with Gasteiger partial charge in [-0.05, 0) is 31.2 Å². The van der Waals surface area contributed by atoms with Gasteiger partial charge in [-0.3, -0.25) is 18.7 Å². The van der Waals surface area contributed by atoms with E-state index in [4.69, 9.17) is 5.73 Å². The van der Waals surface area contributed by atoms with E-state index in [2.05, 4.69) is 0 Å². The van der Waals surface area contributed by atoms with Gasteiger partial charge >= 0.3 is 5.69 Å². The number of hydrogen-bond acceptors (Lipinski definition) is 6. The van der Waals surface area contributed by atoms with Gasteiger partial charge in [0.05, 0.1) is 17.9 Å². The summed E-state index contributed by atoms with van der Waals surface area (Å²) in [5.41, 5.74) is 4.54. The van der Waals surface area contributed by atoms with E-state index in [1.54, 1.807) is 0 Å². The smallest absolute Gasteiger partial charge is 0.332 e. The normalized spacial score (nSPS) is 13.9. The molecule has 9 heteroatoms. The second-order valence-electron chi connectivity index (χ2n) is 5.49. The molecule has 0 saturated heterocycles. The Bertz CT molecular complexity index is 937. The van der Waals surface area contributed by atoms with Gasteiger partial charge in [0.25, 0.3) is 5.56 Å². The van der Waals surface area contributed by atoms with Crippen molar-refractivity contribution >= 4 is 33.4 Å². The van der Waals surface area contributed by atoms with E-state index in [1.165, 1.54) is 11.3 Å². The van der Waals surface area contributed by atoms with Crippen LogP contribution in [-0.4, -0.2) is 21.0 Å². The van der Waals surface area contributed by atoms with Gasteiger partial charge in [-0.2, -0.15) is 0 Å². The Labute approximate surface area is 133 Å². The predicted octanol–water partition coefficient (Wildman–Crippen LogP) is -1.66. The van der Waals surface area contributed by atoms with Crippen molar-refractivity contribution in [3.05, 3.63) is 31.3 Å². The molecular weight excluding hydrogens is 322 g/mol. The zero-order valence-corrected chi connectivity index (χ0v) is 13.0. The Morgan fingerprint density at radius 1 is 1.13 bits per heavy atom. The monoisotopic (exact) mass is 336 g/mol. The number of rotatable bonds is 4. The summed E-state index contributed by atoms with van der Waals surface area (Å²) in [5, 5.41) is 11.2. The lowest BCUT2D eigenvalue weighted by atomic mass is 9.97. The van der Waals surface area contributed by atoms with Crippen LogP contribution in [0.3, 0.4) is 0 Å². The molecule has 8 nitrogen and oxygen atoms in total. The van der Waals surface area contributed by atoms with Crippen molar-refractivity contribution in [2.24, 2.45) is 5.73 Å². The first kappa shape index (κ1) is 15.5. The zero-order chi connectivity index (χ0) is 16.7. The molecule has 0 spiro atoms. The minimum absolute atomic E-state index is 0.326. The van der Waals surface area contributed by atoms with Gasteiger partial charge in [0, 0.05) is 4.88 Å². The number of fused-ring (bicyclic) bond motifs is 3. The molecule has 0 bridgehead atoms. The average Bonchev–Trinajstić information content (AvgIpc) is 2.87. The van der Waals surface area contributed by atoms with Gasteiger partial charge in [-0.25, -0.2) is 4.79 Å². The highest BCUT2D eigenvalue weighted by atomic mass is 32.1. The first-order chi connectivity index (χ1) is 10.9. The Hall–Kier alpha value is -2.42. The molecule has 0 radical (unpaired) electrons. The maximum atomic E-state index is 12.6. The van der Waals surface area contributed by atoms with Crippen LogP contribution in [0.5, 0.6) is 0 Å². The molecule has 0 saturated carbocycles. The summed E-state index contributed by atoms with van der Waals surface area (Å²) < 4.78 is 1.69. The van der Waals surface area contributed by atoms with Gasteiger partial charge in [0.2, 0.25) is 5.91 Å². The molecule has 122 valence electrons. The molecule has 2 N–H and O–H groups in total. The predicted molar refractivity (Wildman–Crippen MR) is 81.2 cm³/mol. The van der Waals surface area contributed by atoms with Crippen LogP contribution in [0, 0.1) is 0 Å². The van der Waals surface area contributed by atoms with Gasteiger partial charge < -0.3 is 15.6 Å². The molecule has 3 rings (SSSR count). The first-order valence-electron chi connectivity index (χ1n) is 7.16. The lowest BCUT2D eigenvalue weighted by Gasteiger charge is -2.12. The third-order valence-corrected chi connectivity index (χ3v) is 5.23. The summed E-state index contributed by atoms with van der Waals surface area (Å²) in [7, 11) is 0. The van der Waals surface area contributed by atoms with Crippen LogP contribution in [0.4, 0.5) is 0 Å². The summed E-state index contributed by atoms with van der Waals surface area (Å²) in [6, 6.07) is 0. The molecule has 0 fully saturated rings. The van der Waals surface area contributed by atoms with E-state index in [0.29, 0.717) is 21.2 Å². The molecule has 0 atom stereocenters. The molecule has 2 heterocycles. The van der Waals surface area contributed by atoms with Gasteiger partial charge in [0.15, 0.2) is 0 Å². The highest BCUT2D eigenvalue weighted by Gasteiger charge is 2.24. The van der Waals surface area contributed by atoms with Gasteiger partial charge in [-0.1, -0.05) is 0 Å². The summed E-state index contributed by atoms with van der Waals surface area (Å²) in [4.78, 5) is 48.6. The minimum Gasteiger partial charge on any atom is -0.548 e. The van der Waals surface area contributed by atoms with Crippen LogP contribution in [-0.2, 0) is 35.5 Å². The molecule has 1 aliphatic rings. The van der Waals surface area contributed by atoms with Gasteiger partial charge in [0.1, 0.15) is 11.4 Å². The number of nitrogens with two attached hydrogens (primary N) is 1. The van der Waals surface area contributed by atoms with Crippen molar-refractivity contribution in [1.82, 2.24) is 9.13 Å². The highest BCUT2D eigenvalue weighted by molar-refractivity contribution is 7.18. The number of carbonyl (C=O) groups excluding carboxylic acids is 2. The fraction of sp³-hybridized carbons (Fsp3) is 0.429. The molecule has 1 amide bonds. The van der Waals surface area contributed by atoms with Crippen LogP contribution >= 0.6 is 11.3 Å². The molecule has 0 aromatic carbocycles. The number of carboxylic acids is 1. The Morgan fingerprint density at radius 2 is 1.83 bits per heavy atom. The maximum absolute atomic E-state index is 12.6. The Balaban J connectivity index is 2.40. The molecule has 0 unspecified atom stereocenters. The second-order valence-corrected chi connectivity index (χ2v) is 6.57. The molecule has 23 heavy (non-hydrogen) atoms. The van der Waals surface area contributed by atoms with Crippen molar-refractivity contribution in [3.63, 3.8) is 0 Å². The maximum Gasteiger partial charge on any atom is 0.332 e. The highest BCUT2D eigenvalue weighted by Crippen LogP contribution is 2.34. The third kappa shape index (κ3) is 2.56. The lowest BCUT2D eigenvalue weighted by Crippen LogP contribution is -2.45. The van der Waals surface area contributed by atoms with Crippen LogP contribution in [0.2, 0.25) is 0 Å². The number of carbonyl (C=O) groups is 2. The van der Waals surface area contributed by atoms with Crippen molar-refractivity contribution < 1.29 is 14.7 Å². The Morgan fingerprint density at radius 3 is 2.48 bits per heavy atom. The Kier molecular flexibility index (Phi) is 3.80. The quantitative estimate of drug-likeness (QED) is 0.715. The van der Waals surface area contributed by atoms with E-state index in [1.807, 2.05) is 0 Å². The fourth-order valence-electron chi connectivity index (χ4n) is 2.98. The average molecular weight is 336 g/mol. The summed E-state index contributed by atoms with van der Waals surface area (Å²) in [5.74, 6) is -2.28. The number of aliphatic carboxylic acids is 1. The van der Waals surface area contributed by atoms with Crippen molar-refractivity contribution in [2.45, 2.75) is 38.8 Å². The molecule has 0 aliphatic heterocycles. The van der Waals surface area contributed by atoms with Crippen molar-refractivity contribution in [1.29, 1.82) is 0 Å². The van der Waals surface area contributed by atoms with Gasteiger partial charge in [-0.15, -0.1) is 11.3 Å². The van der Waals surface area contributed by atoms with E-state index in [9.17, 15) is 24.3 Å². The largest absolute Gasteiger partial charge is 0.548 e. The van der Waals surface area contributed by atoms with E-state index in [0.717, 1.165) is 34.3 Å². The lowest BCUT2D eigenvalue weighted by molar-refractivity contribution is -0.306. The van der Waals surface area contributed by atoms with E-state index >= 15 is 0 Å². The van der Waals surface area contributed by atoms with E-state index in [-0.39, 0.29) is 0 Å². The fourth-order valence-corrected chi connectivity index (χ4v) is 4.35. The zero-order valence-electron chi connectivity index (χ0n) is 12.2. The number of amides is 1. The summed E-state index contributed by atoms with van der Waals surface area (Å²) in [6.45, 7) is -1.25. The first-order valence-corrected chi connectivity index (χ1v) is 7.98. The number of primary amides is 1. The standard InChI is InChI=1S/C14H15N3O5S/c15-9(18)5-17-13-11(7-3-1-2-4-8(7)23-13)12(21)16(14(17)22)6-10(19)20/h1-6H2,(H2,15,18)(H,19,20)/p-1. The molecular formula is C14H14N3O5S-. The number of carboxylic acid groups (broad SMARTS) is 1. The number of aryl methyl sites for hydroxylation is 2. The molecule has 2 aromatic rings. The van der Waals surface area contributed by atoms with Crippen molar-refractivity contribution in [2.75, 3.05) is 0 Å². The molecule has 2 aromatic heterocycles. The van der Waals surface area contributed by atoms with Crippen molar-refractivity contribution in [3.8, 4) is 0 Å². The number of hydrogen-bond donors (Lipinski definition) is 1. The minimum atomic E-state index is -1.54. The van der Waals surface area contributed by atoms with Crippen LogP contribution in [0.1, 0.15) is 23.3 Å². The SMILES string of the molecule is NC(=O)Cn1c(=O)n(CC(=O)[O-])c(=O)c2c3c(sc21)CCCC3. The number of thiophene rings is 1.